The lowest BCUT2D eigenvalue weighted by Gasteiger charge is -2.25. The van der Waals surface area contributed by atoms with Crippen LogP contribution in [0.15, 0.2) is 54.6 Å². The minimum Gasteiger partial charge on any atom is -0.339 e. The first-order valence-electron chi connectivity index (χ1n) is 8.73. The zero-order chi connectivity index (χ0) is 17.1. The number of amides is 1. The summed E-state index contributed by atoms with van der Waals surface area (Å²) in [6.45, 7) is 1.75. The van der Waals surface area contributed by atoms with Crippen LogP contribution in [0.5, 0.6) is 0 Å². The summed E-state index contributed by atoms with van der Waals surface area (Å²) in [6.07, 6.45) is 6.93. The third kappa shape index (κ3) is 3.64. The first-order valence-corrected chi connectivity index (χ1v) is 9.54. The molecular weight excluding hydrogens is 328 g/mol. The van der Waals surface area contributed by atoms with Gasteiger partial charge in [0.15, 0.2) is 0 Å². The maximum absolute atomic E-state index is 12.3. The lowest BCUT2D eigenvalue weighted by atomic mass is 10.1. The Kier molecular flexibility index (Phi) is 4.61. The molecule has 1 amide bonds. The highest BCUT2D eigenvalue weighted by Crippen LogP contribution is 2.32. The number of hydrogen-bond acceptors (Lipinski definition) is 3. The second-order valence-electron chi connectivity index (χ2n) is 6.32. The Balaban J connectivity index is 1.54. The number of hydrogen-bond donors (Lipinski definition) is 0. The molecule has 25 heavy (non-hydrogen) atoms. The van der Waals surface area contributed by atoms with Gasteiger partial charge in [-0.1, -0.05) is 24.3 Å². The third-order valence-corrected chi connectivity index (χ3v) is 5.65. The van der Waals surface area contributed by atoms with Crippen LogP contribution in [-0.2, 0) is 4.79 Å². The molecule has 0 spiro atoms. The van der Waals surface area contributed by atoms with Crippen molar-refractivity contribution in [1.82, 2.24) is 9.88 Å². The Labute approximate surface area is 151 Å². The monoisotopic (exact) mass is 348 g/mol. The van der Waals surface area contributed by atoms with Crippen LogP contribution in [0.1, 0.15) is 25.0 Å². The van der Waals surface area contributed by atoms with E-state index in [1.807, 2.05) is 29.2 Å². The van der Waals surface area contributed by atoms with Gasteiger partial charge >= 0.3 is 0 Å². The van der Waals surface area contributed by atoms with Crippen molar-refractivity contribution >= 4 is 33.4 Å². The maximum Gasteiger partial charge on any atom is 0.246 e. The van der Waals surface area contributed by atoms with Crippen molar-refractivity contribution in [1.29, 1.82) is 0 Å². The summed E-state index contributed by atoms with van der Waals surface area (Å²) in [5, 5.41) is 1.24. The van der Waals surface area contributed by atoms with Crippen molar-refractivity contribution < 1.29 is 4.79 Å². The quantitative estimate of drug-likeness (QED) is 0.625. The molecule has 1 fully saturated rings. The fourth-order valence-electron chi connectivity index (χ4n) is 3.17. The van der Waals surface area contributed by atoms with Gasteiger partial charge in [0.25, 0.3) is 0 Å². The molecule has 3 heterocycles. The Morgan fingerprint density at radius 2 is 1.88 bits per heavy atom. The summed E-state index contributed by atoms with van der Waals surface area (Å²) >= 11 is 1.74. The maximum atomic E-state index is 12.3. The Hall–Kier alpha value is -2.46. The third-order valence-electron chi connectivity index (χ3n) is 4.51. The van der Waals surface area contributed by atoms with Gasteiger partial charge in [0.1, 0.15) is 0 Å². The zero-order valence-electron chi connectivity index (χ0n) is 14.0. The number of carbonyl (C=O) groups is 1. The minimum atomic E-state index is 0.0914. The van der Waals surface area contributed by atoms with Crippen LogP contribution in [0, 0.1) is 0 Å². The zero-order valence-corrected chi connectivity index (χ0v) is 14.8. The molecule has 1 aliphatic rings. The van der Waals surface area contributed by atoms with E-state index < -0.39 is 0 Å². The standard InChI is InChI=1S/C21H20N2OS/c24-21(23-13-4-1-5-14-23)12-11-17-8-6-9-18(22-17)20-15-16-7-2-3-10-19(16)25-20/h2-3,6-12,15H,1,4-5,13-14H2. The molecule has 3 nitrogen and oxygen atoms in total. The summed E-state index contributed by atoms with van der Waals surface area (Å²) in [7, 11) is 0. The van der Waals surface area contributed by atoms with Crippen molar-refractivity contribution in [2.75, 3.05) is 13.1 Å². The highest BCUT2D eigenvalue weighted by atomic mass is 32.1. The van der Waals surface area contributed by atoms with E-state index in [0.29, 0.717) is 0 Å². The number of benzene rings is 1. The van der Waals surface area contributed by atoms with E-state index in [4.69, 9.17) is 4.98 Å². The summed E-state index contributed by atoms with van der Waals surface area (Å²) in [4.78, 5) is 20.0. The number of piperidine rings is 1. The molecule has 4 heteroatoms. The van der Waals surface area contributed by atoms with Crippen LogP contribution >= 0.6 is 11.3 Å². The molecule has 126 valence electrons. The molecule has 2 aromatic heterocycles. The van der Waals surface area contributed by atoms with E-state index in [2.05, 4.69) is 30.3 Å². The van der Waals surface area contributed by atoms with Crippen LogP contribution in [0.4, 0.5) is 0 Å². The molecule has 1 aromatic carbocycles. The number of nitrogens with zero attached hydrogens (tertiary/aromatic N) is 2. The molecule has 0 saturated carbocycles. The van der Waals surface area contributed by atoms with E-state index in [1.165, 1.54) is 16.5 Å². The smallest absolute Gasteiger partial charge is 0.246 e. The predicted molar refractivity (Wildman–Crippen MR) is 105 cm³/mol. The largest absolute Gasteiger partial charge is 0.339 e. The van der Waals surface area contributed by atoms with Crippen LogP contribution in [0.3, 0.4) is 0 Å². The molecule has 0 radical (unpaired) electrons. The van der Waals surface area contributed by atoms with Gasteiger partial charge in [-0.15, -0.1) is 11.3 Å². The molecule has 3 aromatic rings. The van der Waals surface area contributed by atoms with Crippen LogP contribution in [0.25, 0.3) is 26.7 Å². The fraction of sp³-hybridized carbons (Fsp3) is 0.238. The average Bonchev–Trinajstić information content (AvgIpc) is 3.11. The number of fused-ring (bicyclic) bond motifs is 1. The Morgan fingerprint density at radius 3 is 2.72 bits per heavy atom. The van der Waals surface area contributed by atoms with E-state index in [9.17, 15) is 4.79 Å². The molecular formula is C21H20N2OS. The van der Waals surface area contributed by atoms with E-state index in [-0.39, 0.29) is 5.91 Å². The normalized spacial score (nSPS) is 15.1. The molecule has 0 aliphatic carbocycles. The first kappa shape index (κ1) is 16.0. The molecule has 4 rings (SSSR count). The summed E-state index contributed by atoms with van der Waals surface area (Å²) in [6, 6.07) is 16.5. The van der Waals surface area contributed by atoms with Crippen LogP contribution in [-0.4, -0.2) is 28.9 Å². The molecule has 0 unspecified atom stereocenters. The van der Waals surface area contributed by atoms with Gasteiger partial charge in [0.05, 0.1) is 16.3 Å². The van der Waals surface area contributed by atoms with Gasteiger partial charge in [-0.2, -0.15) is 0 Å². The van der Waals surface area contributed by atoms with Crippen LogP contribution < -0.4 is 0 Å². The van der Waals surface area contributed by atoms with Gasteiger partial charge in [-0.25, -0.2) is 4.98 Å². The molecule has 0 N–H and O–H groups in total. The number of pyridine rings is 1. The van der Waals surface area contributed by atoms with Gasteiger partial charge in [-0.3, -0.25) is 4.79 Å². The van der Waals surface area contributed by atoms with E-state index in [1.54, 1.807) is 17.4 Å². The van der Waals surface area contributed by atoms with Crippen molar-refractivity contribution in [2.45, 2.75) is 19.3 Å². The number of likely N-dealkylation sites (tertiary alicyclic amines) is 1. The van der Waals surface area contributed by atoms with Gasteiger partial charge in [0.2, 0.25) is 5.91 Å². The Morgan fingerprint density at radius 1 is 1.04 bits per heavy atom. The number of rotatable bonds is 3. The summed E-state index contributed by atoms with van der Waals surface area (Å²) < 4.78 is 1.26. The Bertz CT molecular complexity index is 889. The van der Waals surface area contributed by atoms with E-state index in [0.717, 1.165) is 42.2 Å². The van der Waals surface area contributed by atoms with Gasteiger partial charge in [-0.05, 0) is 55.0 Å². The van der Waals surface area contributed by atoms with E-state index >= 15 is 0 Å². The number of thiophene rings is 1. The molecule has 0 atom stereocenters. The number of carbonyl (C=O) groups excluding carboxylic acids is 1. The lowest BCUT2D eigenvalue weighted by molar-refractivity contribution is -0.126. The average molecular weight is 348 g/mol. The molecule has 1 saturated heterocycles. The summed E-state index contributed by atoms with van der Waals surface area (Å²) in [5.74, 6) is 0.0914. The predicted octanol–water partition coefficient (Wildman–Crippen LogP) is 4.99. The van der Waals surface area contributed by atoms with Gasteiger partial charge in [0, 0.05) is 23.9 Å². The SMILES string of the molecule is O=C(C=Cc1cccc(-c2cc3ccccc3s2)n1)N1CCCCC1. The minimum absolute atomic E-state index is 0.0914. The highest BCUT2D eigenvalue weighted by molar-refractivity contribution is 7.22. The van der Waals surface area contributed by atoms with Crippen molar-refractivity contribution in [3.63, 3.8) is 0 Å². The second kappa shape index (κ2) is 7.19. The first-order chi connectivity index (χ1) is 12.3. The summed E-state index contributed by atoms with van der Waals surface area (Å²) in [5.41, 5.74) is 1.77. The van der Waals surface area contributed by atoms with Crippen LogP contribution in [0.2, 0.25) is 0 Å². The lowest BCUT2D eigenvalue weighted by Crippen LogP contribution is -2.34. The van der Waals surface area contributed by atoms with Crippen molar-refractivity contribution in [3.05, 3.63) is 60.3 Å². The van der Waals surface area contributed by atoms with Gasteiger partial charge < -0.3 is 4.90 Å². The van der Waals surface area contributed by atoms with Crippen molar-refractivity contribution in [2.24, 2.45) is 0 Å². The van der Waals surface area contributed by atoms with Crippen molar-refractivity contribution in [3.8, 4) is 10.6 Å². The highest BCUT2D eigenvalue weighted by Gasteiger charge is 2.13. The molecule has 1 aliphatic heterocycles. The molecule has 0 bridgehead atoms. The second-order valence-corrected chi connectivity index (χ2v) is 7.40. The topological polar surface area (TPSA) is 33.2 Å². The number of aromatic nitrogens is 1. The fourth-order valence-corrected chi connectivity index (χ4v) is 4.20.